The van der Waals surface area contributed by atoms with Crippen LogP contribution in [0.15, 0.2) is 0 Å². The van der Waals surface area contributed by atoms with Crippen LogP contribution >= 0.6 is 0 Å². The molecule has 2 aliphatic rings. The van der Waals surface area contributed by atoms with Crippen molar-refractivity contribution >= 4 is 11.9 Å². The van der Waals surface area contributed by atoms with Crippen molar-refractivity contribution in [1.29, 1.82) is 0 Å². The maximum absolute atomic E-state index is 11.1. The van der Waals surface area contributed by atoms with Gasteiger partial charge in [-0.15, -0.1) is 0 Å². The number of rotatable bonds is 0. The van der Waals surface area contributed by atoms with Crippen LogP contribution in [0.5, 0.6) is 0 Å². The Bertz CT molecular complexity index is 310. The van der Waals surface area contributed by atoms with Crippen molar-refractivity contribution in [1.82, 2.24) is 0 Å². The highest BCUT2D eigenvalue weighted by molar-refractivity contribution is 5.76. The fourth-order valence-electron chi connectivity index (χ4n) is 2.12. The third-order valence-electron chi connectivity index (χ3n) is 3.66. The maximum atomic E-state index is 11.1. The van der Waals surface area contributed by atoms with Crippen LogP contribution in [0.25, 0.3) is 0 Å². The predicted octanol–water partition coefficient (Wildman–Crippen LogP) is 3.73. The highest BCUT2D eigenvalue weighted by Crippen LogP contribution is 2.27. The van der Waals surface area contributed by atoms with Gasteiger partial charge in [0.1, 0.15) is 0 Å². The van der Waals surface area contributed by atoms with Crippen LogP contribution in [0.2, 0.25) is 0 Å². The van der Waals surface area contributed by atoms with Crippen molar-refractivity contribution in [3.05, 3.63) is 0 Å². The SMILES string of the molecule is C.CC1(C)CCCCOC1=O.CC1CCCCOC1=O. The van der Waals surface area contributed by atoms with Crippen LogP contribution in [-0.2, 0) is 19.1 Å². The number of carbonyl (C=O) groups excluding carboxylic acids is 2. The topological polar surface area (TPSA) is 52.6 Å². The van der Waals surface area contributed by atoms with E-state index in [1.807, 2.05) is 20.8 Å². The lowest BCUT2D eigenvalue weighted by Crippen LogP contribution is -2.24. The van der Waals surface area contributed by atoms with E-state index in [-0.39, 0.29) is 30.7 Å². The average molecular weight is 286 g/mol. The van der Waals surface area contributed by atoms with Gasteiger partial charge in [0, 0.05) is 0 Å². The van der Waals surface area contributed by atoms with Gasteiger partial charge in [-0.25, -0.2) is 0 Å². The van der Waals surface area contributed by atoms with Gasteiger partial charge in [0.25, 0.3) is 0 Å². The second kappa shape index (κ2) is 8.98. The van der Waals surface area contributed by atoms with Crippen molar-refractivity contribution in [2.75, 3.05) is 13.2 Å². The lowest BCUT2D eigenvalue weighted by atomic mass is 9.88. The van der Waals surface area contributed by atoms with E-state index in [2.05, 4.69) is 0 Å². The molecule has 2 fully saturated rings. The molecule has 2 aliphatic heterocycles. The van der Waals surface area contributed by atoms with Crippen LogP contribution in [0.3, 0.4) is 0 Å². The molecule has 2 rings (SSSR count). The summed E-state index contributed by atoms with van der Waals surface area (Å²) in [5.74, 6) is 0.0741. The van der Waals surface area contributed by atoms with E-state index in [0.717, 1.165) is 38.5 Å². The van der Waals surface area contributed by atoms with E-state index >= 15 is 0 Å². The Morgan fingerprint density at radius 2 is 1.60 bits per heavy atom. The van der Waals surface area contributed by atoms with E-state index in [1.165, 1.54) is 0 Å². The zero-order valence-corrected chi connectivity index (χ0v) is 12.4. The largest absolute Gasteiger partial charge is 0.465 e. The molecule has 0 aliphatic carbocycles. The molecule has 4 nitrogen and oxygen atoms in total. The smallest absolute Gasteiger partial charge is 0.311 e. The van der Waals surface area contributed by atoms with Gasteiger partial charge >= 0.3 is 11.9 Å². The lowest BCUT2D eigenvalue weighted by Gasteiger charge is -2.17. The first-order valence-electron chi connectivity index (χ1n) is 7.27. The molecule has 4 heteroatoms. The second-order valence-electron chi connectivity index (χ2n) is 6.04. The summed E-state index contributed by atoms with van der Waals surface area (Å²) in [4.78, 5) is 21.9. The van der Waals surface area contributed by atoms with Crippen LogP contribution in [-0.4, -0.2) is 25.2 Å². The molecule has 0 amide bonds. The fourth-order valence-corrected chi connectivity index (χ4v) is 2.12. The van der Waals surface area contributed by atoms with Crippen molar-refractivity contribution in [2.45, 2.75) is 66.7 Å². The Balaban J connectivity index is 0.000000345. The molecule has 0 aromatic rings. The fraction of sp³-hybridized carbons (Fsp3) is 0.875. The summed E-state index contributed by atoms with van der Waals surface area (Å²) in [6, 6.07) is 0. The zero-order valence-electron chi connectivity index (χ0n) is 12.4. The lowest BCUT2D eigenvalue weighted by molar-refractivity contribution is -0.152. The number of carbonyl (C=O) groups is 2. The molecule has 0 spiro atoms. The van der Waals surface area contributed by atoms with E-state index in [9.17, 15) is 9.59 Å². The predicted molar refractivity (Wildman–Crippen MR) is 79.3 cm³/mol. The standard InChI is InChI=1S/C8H14O2.C7H12O2.CH4/c1-8(2)5-3-4-6-10-7(8)9;1-6-4-2-3-5-9-7(6)8;/h3-6H2,1-2H3;6H,2-5H2,1H3;1H4. The first-order chi connectivity index (χ1) is 8.93. The van der Waals surface area contributed by atoms with E-state index in [1.54, 1.807) is 0 Å². The summed E-state index contributed by atoms with van der Waals surface area (Å²) in [7, 11) is 0. The van der Waals surface area contributed by atoms with Gasteiger partial charge in [-0.2, -0.15) is 0 Å². The highest BCUT2D eigenvalue weighted by Gasteiger charge is 2.30. The molecular formula is C16H30O4. The molecule has 118 valence electrons. The second-order valence-corrected chi connectivity index (χ2v) is 6.04. The Hall–Kier alpha value is -1.06. The van der Waals surface area contributed by atoms with Gasteiger partial charge in [0.15, 0.2) is 0 Å². The normalized spacial score (nSPS) is 25.6. The Morgan fingerprint density at radius 3 is 2.30 bits per heavy atom. The number of cyclic esters (lactones) is 2. The number of esters is 2. The van der Waals surface area contributed by atoms with E-state index in [0.29, 0.717) is 13.2 Å². The van der Waals surface area contributed by atoms with Crippen molar-refractivity contribution < 1.29 is 19.1 Å². The van der Waals surface area contributed by atoms with Crippen molar-refractivity contribution in [3.63, 3.8) is 0 Å². The third-order valence-corrected chi connectivity index (χ3v) is 3.66. The molecule has 1 unspecified atom stereocenters. The van der Waals surface area contributed by atoms with Gasteiger partial charge in [0.2, 0.25) is 0 Å². The highest BCUT2D eigenvalue weighted by atomic mass is 16.5. The first-order valence-corrected chi connectivity index (χ1v) is 7.27. The van der Waals surface area contributed by atoms with Gasteiger partial charge < -0.3 is 9.47 Å². The number of hydrogen-bond donors (Lipinski definition) is 0. The zero-order chi connectivity index (χ0) is 14.3. The molecule has 2 heterocycles. The monoisotopic (exact) mass is 286 g/mol. The molecule has 1 atom stereocenters. The van der Waals surface area contributed by atoms with E-state index < -0.39 is 0 Å². The van der Waals surface area contributed by atoms with Gasteiger partial charge in [0.05, 0.1) is 24.5 Å². The summed E-state index contributed by atoms with van der Waals surface area (Å²) in [5.41, 5.74) is -0.240. The summed E-state index contributed by atoms with van der Waals surface area (Å²) in [6.45, 7) is 7.06. The Morgan fingerprint density at radius 1 is 1.00 bits per heavy atom. The minimum absolute atomic E-state index is 0. The number of ether oxygens (including phenoxy) is 2. The Labute approximate surface area is 123 Å². The van der Waals surface area contributed by atoms with Crippen LogP contribution in [0.4, 0.5) is 0 Å². The maximum Gasteiger partial charge on any atom is 0.311 e. The van der Waals surface area contributed by atoms with E-state index in [4.69, 9.17) is 9.47 Å². The van der Waals surface area contributed by atoms with Gasteiger partial charge in [-0.05, 0) is 52.4 Å². The summed E-state index contributed by atoms with van der Waals surface area (Å²) in [6.07, 6.45) is 6.27. The number of hydrogen-bond acceptors (Lipinski definition) is 4. The molecule has 0 saturated carbocycles. The summed E-state index contributed by atoms with van der Waals surface area (Å²) < 4.78 is 9.86. The van der Waals surface area contributed by atoms with Crippen molar-refractivity contribution in [3.8, 4) is 0 Å². The molecule has 20 heavy (non-hydrogen) atoms. The van der Waals surface area contributed by atoms with Crippen LogP contribution in [0, 0.1) is 11.3 Å². The quantitative estimate of drug-likeness (QED) is 0.637. The minimum atomic E-state index is -0.240. The molecule has 0 bridgehead atoms. The molecular weight excluding hydrogens is 256 g/mol. The summed E-state index contributed by atoms with van der Waals surface area (Å²) in [5, 5.41) is 0. The average Bonchev–Trinajstić information content (AvgIpc) is 2.62. The molecule has 2 saturated heterocycles. The first kappa shape index (κ1) is 18.9. The van der Waals surface area contributed by atoms with Crippen molar-refractivity contribution in [2.24, 2.45) is 11.3 Å². The minimum Gasteiger partial charge on any atom is -0.465 e. The van der Waals surface area contributed by atoms with Crippen LogP contribution in [0.1, 0.15) is 66.7 Å². The third kappa shape index (κ3) is 6.40. The molecule has 0 N–H and O–H groups in total. The van der Waals surface area contributed by atoms with Crippen LogP contribution < -0.4 is 0 Å². The molecule has 0 radical (unpaired) electrons. The molecule has 0 aromatic heterocycles. The van der Waals surface area contributed by atoms with Gasteiger partial charge in [-0.1, -0.05) is 14.4 Å². The molecule has 0 aromatic carbocycles. The van der Waals surface area contributed by atoms with Gasteiger partial charge in [-0.3, -0.25) is 9.59 Å². The Kier molecular flexibility index (Phi) is 8.51. The summed E-state index contributed by atoms with van der Waals surface area (Å²) >= 11 is 0.